The van der Waals surface area contributed by atoms with Gasteiger partial charge in [0.2, 0.25) is 0 Å². The first-order valence-corrected chi connectivity index (χ1v) is 10.2. The van der Waals surface area contributed by atoms with E-state index in [-0.39, 0.29) is 18.0 Å². The molecular weight excluding hydrogens is 364 g/mol. The van der Waals surface area contributed by atoms with Gasteiger partial charge in [0.05, 0.1) is 6.54 Å². The highest BCUT2D eigenvalue weighted by molar-refractivity contribution is 5.82. The number of rotatable bonds is 6. The van der Waals surface area contributed by atoms with Crippen molar-refractivity contribution in [3.63, 3.8) is 0 Å². The van der Waals surface area contributed by atoms with E-state index in [0.717, 1.165) is 35.7 Å². The lowest BCUT2D eigenvalue weighted by Crippen LogP contribution is -2.40. The number of hydrogen-bond acceptors (Lipinski definition) is 3. The van der Waals surface area contributed by atoms with Crippen molar-refractivity contribution in [2.24, 2.45) is 0 Å². The van der Waals surface area contributed by atoms with Gasteiger partial charge in [0, 0.05) is 24.2 Å². The van der Waals surface area contributed by atoms with E-state index in [4.69, 9.17) is 4.74 Å². The predicted molar refractivity (Wildman–Crippen MR) is 114 cm³/mol. The maximum Gasteiger partial charge on any atom is 0.253 e. The fourth-order valence-corrected chi connectivity index (χ4v) is 3.84. The third kappa shape index (κ3) is 4.57. The maximum absolute atomic E-state index is 13.1. The number of carbonyl (C=O) groups excluding carboxylic acids is 1. The zero-order valence-electron chi connectivity index (χ0n) is 16.7. The normalized spacial score (nSPS) is 16.2. The van der Waals surface area contributed by atoms with Crippen molar-refractivity contribution in [3.05, 3.63) is 81.6 Å². The standard InChI is InChI=1S/C24H26N2O3/c1-17-9-10-19-15-20(23(27)25-21(19)14-17)16-26(24(28)22-8-5-13-29-22)12-11-18-6-3-2-4-7-18/h2-4,6-7,9-10,14-15,22H,5,8,11-13,16H2,1H3,(H,25,27). The Hall–Kier alpha value is -2.92. The van der Waals surface area contributed by atoms with Crippen LogP contribution in [0.25, 0.3) is 10.9 Å². The number of fused-ring (bicyclic) bond motifs is 1. The van der Waals surface area contributed by atoms with Gasteiger partial charge in [-0.1, -0.05) is 42.5 Å². The van der Waals surface area contributed by atoms with Gasteiger partial charge in [-0.05, 0) is 54.8 Å². The van der Waals surface area contributed by atoms with Gasteiger partial charge in [0.15, 0.2) is 0 Å². The van der Waals surface area contributed by atoms with E-state index in [1.807, 2.05) is 49.4 Å². The maximum atomic E-state index is 13.1. The minimum Gasteiger partial charge on any atom is -0.368 e. The number of aromatic amines is 1. The molecule has 1 fully saturated rings. The zero-order chi connectivity index (χ0) is 20.2. The first-order valence-electron chi connectivity index (χ1n) is 10.2. The Labute approximate surface area is 170 Å². The lowest BCUT2D eigenvalue weighted by Gasteiger charge is -2.25. The lowest BCUT2D eigenvalue weighted by atomic mass is 10.1. The summed E-state index contributed by atoms with van der Waals surface area (Å²) in [5.74, 6) is -0.0261. The molecule has 2 aromatic carbocycles. The second-order valence-corrected chi connectivity index (χ2v) is 7.71. The topological polar surface area (TPSA) is 62.4 Å². The molecule has 1 N–H and O–H groups in total. The van der Waals surface area contributed by atoms with Gasteiger partial charge < -0.3 is 14.6 Å². The summed E-state index contributed by atoms with van der Waals surface area (Å²) in [6.45, 7) is 3.45. The van der Waals surface area contributed by atoms with Gasteiger partial charge in [-0.15, -0.1) is 0 Å². The largest absolute Gasteiger partial charge is 0.368 e. The molecule has 5 heteroatoms. The van der Waals surface area contributed by atoms with Gasteiger partial charge in [-0.2, -0.15) is 0 Å². The Balaban J connectivity index is 1.59. The fraction of sp³-hybridized carbons (Fsp3) is 0.333. The van der Waals surface area contributed by atoms with Crippen molar-refractivity contribution in [1.29, 1.82) is 0 Å². The van der Waals surface area contributed by atoms with Crippen molar-refractivity contribution in [2.75, 3.05) is 13.2 Å². The first kappa shape index (κ1) is 19.4. The Morgan fingerprint density at radius 2 is 2.00 bits per heavy atom. The molecule has 1 unspecified atom stereocenters. The Bertz CT molecular complexity index is 1050. The van der Waals surface area contributed by atoms with Crippen LogP contribution in [0.5, 0.6) is 0 Å². The highest BCUT2D eigenvalue weighted by Crippen LogP contribution is 2.18. The molecule has 3 aromatic rings. The minimum absolute atomic E-state index is 0.0261. The number of benzene rings is 2. The number of carbonyl (C=O) groups is 1. The summed E-state index contributed by atoms with van der Waals surface area (Å²) in [6.07, 6.45) is 1.99. The van der Waals surface area contributed by atoms with Crippen LogP contribution in [0.15, 0.2) is 59.4 Å². The van der Waals surface area contributed by atoms with Crippen LogP contribution in [0.2, 0.25) is 0 Å². The third-order valence-corrected chi connectivity index (χ3v) is 5.47. The highest BCUT2D eigenvalue weighted by atomic mass is 16.5. The van der Waals surface area contributed by atoms with Gasteiger partial charge in [-0.3, -0.25) is 9.59 Å². The highest BCUT2D eigenvalue weighted by Gasteiger charge is 2.28. The summed E-state index contributed by atoms with van der Waals surface area (Å²) in [5.41, 5.74) is 3.54. The molecule has 0 radical (unpaired) electrons. The van der Waals surface area contributed by atoms with Crippen molar-refractivity contribution < 1.29 is 9.53 Å². The lowest BCUT2D eigenvalue weighted by molar-refractivity contribution is -0.141. The van der Waals surface area contributed by atoms with E-state index < -0.39 is 6.10 Å². The van der Waals surface area contributed by atoms with Crippen molar-refractivity contribution >= 4 is 16.8 Å². The first-order chi connectivity index (χ1) is 14.1. The fourth-order valence-electron chi connectivity index (χ4n) is 3.84. The quantitative estimate of drug-likeness (QED) is 0.700. The minimum atomic E-state index is -0.395. The smallest absolute Gasteiger partial charge is 0.253 e. The summed E-state index contributed by atoms with van der Waals surface area (Å²) in [7, 11) is 0. The molecule has 1 saturated heterocycles. The molecule has 0 spiro atoms. The van der Waals surface area contributed by atoms with Crippen LogP contribution in [0.1, 0.15) is 29.5 Å². The van der Waals surface area contributed by atoms with E-state index in [2.05, 4.69) is 17.1 Å². The molecule has 1 amide bonds. The number of H-pyrrole nitrogens is 1. The van der Waals surface area contributed by atoms with Gasteiger partial charge in [-0.25, -0.2) is 0 Å². The summed E-state index contributed by atoms with van der Waals surface area (Å²) < 4.78 is 5.62. The Morgan fingerprint density at radius 1 is 1.17 bits per heavy atom. The average molecular weight is 390 g/mol. The summed E-state index contributed by atoms with van der Waals surface area (Å²) in [6, 6.07) is 18.0. The number of ether oxygens (including phenoxy) is 1. The second kappa shape index (κ2) is 8.62. The zero-order valence-corrected chi connectivity index (χ0v) is 16.7. The number of aromatic nitrogens is 1. The molecule has 29 heavy (non-hydrogen) atoms. The Morgan fingerprint density at radius 3 is 2.76 bits per heavy atom. The molecule has 0 aliphatic carbocycles. The third-order valence-electron chi connectivity index (χ3n) is 5.47. The molecule has 2 heterocycles. The number of nitrogens with one attached hydrogen (secondary N) is 1. The van der Waals surface area contributed by atoms with Crippen LogP contribution in [0.3, 0.4) is 0 Å². The molecule has 0 saturated carbocycles. The van der Waals surface area contributed by atoms with Crippen molar-refractivity contribution in [2.45, 2.75) is 38.8 Å². The van der Waals surface area contributed by atoms with E-state index in [9.17, 15) is 9.59 Å². The van der Waals surface area contributed by atoms with Crippen molar-refractivity contribution in [1.82, 2.24) is 9.88 Å². The predicted octanol–water partition coefficient (Wildman–Crippen LogP) is 3.59. The number of amides is 1. The number of pyridine rings is 1. The Kier molecular flexibility index (Phi) is 5.76. The summed E-state index contributed by atoms with van der Waals surface area (Å²) in [4.78, 5) is 30.5. The van der Waals surface area contributed by atoms with E-state index in [0.29, 0.717) is 18.7 Å². The van der Waals surface area contributed by atoms with E-state index in [1.165, 1.54) is 5.56 Å². The summed E-state index contributed by atoms with van der Waals surface area (Å²) >= 11 is 0. The van der Waals surface area contributed by atoms with E-state index in [1.54, 1.807) is 4.90 Å². The van der Waals surface area contributed by atoms with Crippen LogP contribution < -0.4 is 5.56 Å². The SMILES string of the molecule is Cc1ccc2cc(CN(CCc3ccccc3)C(=O)C3CCCO3)c(=O)[nH]c2c1. The van der Waals surface area contributed by atoms with Crippen LogP contribution in [0, 0.1) is 6.92 Å². The number of hydrogen-bond donors (Lipinski definition) is 1. The van der Waals surface area contributed by atoms with Gasteiger partial charge >= 0.3 is 0 Å². The van der Waals surface area contributed by atoms with Crippen LogP contribution >= 0.6 is 0 Å². The van der Waals surface area contributed by atoms with Crippen molar-refractivity contribution in [3.8, 4) is 0 Å². The van der Waals surface area contributed by atoms with Crippen LogP contribution in [-0.2, 0) is 22.5 Å². The van der Waals surface area contributed by atoms with E-state index >= 15 is 0 Å². The monoisotopic (exact) mass is 390 g/mol. The van der Waals surface area contributed by atoms with Crippen LogP contribution in [-0.4, -0.2) is 35.0 Å². The molecule has 0 bridgehead atoms. The molecule has 4 rings (SSSR count). The molecular formula is C24H26N2O3. The number of nitrogens with zero attached hydrogens (tertiary/aromatic N) is 1. The number of aryl methyl sites for hydroxylation is 1. The summed E-state index contributed by atoms with van der Waals surface area (Å²) in [5, 5.41) is 0.970. The second-order valence-electron chi connectivity index (χ2n) is 7.71. The average Bonchev–Trinajstić information content (AvgIpc) is 3.26. The molecule has 150 valence electrons. The molecule has 1 aliphatic heterocycles. The van der Waals surface area contributed by atoms with Crippen LogP contribution in [0.4, 0.5) is 0 Å². The molecule has 5 nitrogen and oxygen atoms in total. The molecule has 1 atom stereocenters. The molecule has 1 aliphatic rings. The molecule has 1 aromatic heterocycles. The van der Waals surface area contributed by atoms with Gasteiger partial charge in [0.25, 0.3) is 11.5 Å². The van der Waals surface area contributed by atoms with Gasteiger partial charge in [0.1, 0.15) is 6.10 Å².